The fraction of sp³-hybridized carbons (Fsp3) is 0.593. The number of nitrogens with one attached hydrogen (secondary N) is 1. The minimum atomic E-state index is -0.245. The summed E-state index contributed by atoms with van der Waals surface area (Å²) in [6.45, 7) is 13.2. The molecule has 0 spiro atoms. The fourth-order valence-electron chi connectivity index (χ4n) is 3.86. The summed E-state index contributed by atoms with van der Waals surface area (Å²) < 4.78 is 6.99. The largest absolute Gasteiger partial charge is 0.383 e. The highest BCUT2D eigenvalue weighted by Crippen LogP contribution is 2.27. The molecule has 1 heterocycles. The van der Waals surface area contributed by atoms with Gasteiger partial charge in [-0.25, -0.2) is 4.68 Å². The zero-order valence-corrected chi connectivity index (χ0v) is 22.0. The van der Waals surface area contributed by atoms with Crippen LogP contribution in [0.15, 0.2) is 30.3 Å². The van der Waals surface area contributed by atoms with E-state index in [9.17, 15) is 9.59 Å². The van der Waals surface area contributed by atoms with Crippen LogP contribution in [0.25, 0.3) is 5.69 Å². The van der Waals surface area contributed by atoms with Crippen LogP contribution in [0.4, 0.5) is 5.82 Å². The molecular formula is C27H42N4O3. The number of hydrogen-bond acceptors (Lipinski definition) is 4. The van der Waals surface area contributed by atoms with Gasteiger partial charge in [0, 0.05) is 31.1 Å². The van der Waals surface area contributed by atoms with E-state index in [4.69, 9.17) is 9.84 Å². The van der Waals surface area contributed by atoms with Gasteiger partial charge in [0.25, 0.3) is 0 Å². The highest BCUT2D eigenvalue weighted by Gasteiger charge is 2.26. The van der Waals surface area contributed by atoms with Gasteiger partial charge in [-0.1, -0.05) is 65.7 Å². The van der Waals surface area contributed by atoms with Crippen molar-refractivity contribution in [2.75, 3.05) is 32.1 Å². The second-order valence-electron chi connectivity index (χ2n) is 9.91. The molecule has 1 N–H and O–H groups in total. The smallest absolute Gasteiger partial charge is 0.245 e. The van der Waals surface area contributed by atoms with Crippen LogP contribution in [0.1, 0.15) is 71.6 Å². The molecule has 188 valence electrons. The first-order chi connectivity index (χ1) is 16.1. The molecule has 0 aliphatic rings. The normalized spacial score (nSPS) is 12.4. The van der Waals surface area contributed by atoms with Crippen molar-refractivity contribution in [3.8, 4) is 5.69 Å². The molecule has 0 radical (unpaired) electrons. The van der Waals surface area contributed by atoms with Gasteiger partial charge in [-0.2, -0.15) is 5.10 Å². The van der Waals surface area contributed by atoms with Gasteiger partial charge in [0.05, 0.1) is 24.5 Å². The Balaban J connectivity index is 2.29. The third-order valence-corrected chi connectivity index (χ3v) is 6.05. The van der Waals surface area contributed by atoms with Gasteiger partial charge < -0.3 is 15.0 Å². The van der Waals surface area contributed by atoms with E-state index in [1.165, 1.54) is 0 Å². The minimum absolute atomic E-state index is 0.0192. The Morgan fingerprint density at radius 3 is 2.50 bits per heavy atom. The number of benzene rings is 1. The molecule has 7 nitrogen and oxygen atoms in total. The number of amides is 2. The van der Waals surface area contributed by atoms with E-state index in [2.05, 4.69) is 33.0 Å². The van der Waals surface area contributed by atoms with E-state index >= 15 is 0 Å². The molecule has 7 heteroatoms. The fourth-order valence-corrected chi connectivity index (χ4v) is 3.86. The number of anilines is 1. The SMILES string of the molecule is CCCCC(CC)C(=O)N(CCOC)CC(=O)Nc1cc(C(C)(C)C)nn1-c1ccccc1C. The minimum Gasteiger partial charge on any atom is -0.383 e. The van der Waals surface area contributed by atoms with Crippen molar-refractivity contribution in [1.29, 1.82) is 0 Å². The summed E-state index contributed by atoms with van der Waals surface area (Å²) in [4.78, 5) is 28.0. The van der Waals surface area contributed by atoms with Gasteiger partial charge in [0.2, 0.25) is 11.8 Å². The molecule has 1 atom stereocenters. The number of hydrogen-bond donors (Lipinski definition) is 1. The lowest BCUT2D eigenvalue weighted by Crippen LogP contribution is -2.43. The number of methoxy groups -OCH3 is 1. The Labute approximate surface area is 204 Å². The number of aromatic nitrogens is 2. The number of carbonyl (C=O) groups is 2. The molecule has 0 aliphatic heterocycles. The summed E-state index contributed by atoms with van der Waals surface area (Å²) in [6.07, 6.45) is 3.64. The molecule has 34 heavy (non-hydrogen) atoms. The van der Waals surface area contributed by atoms with Gasteiger partial charge >= 0.3 is 0 Å². The quantitative estimate of drug-likeness (QED) is 0.468. The number of carbonyl (C=O) groups excluding carboxylic acids is 2. The van der Waals surface area contributed by atoms with Crippen molar-refractivity contribution in [2.45, 2.75) is 72.6 Å². The summed E-state index contributed by atoms with van der Waals surface area (Å²) >= 11 is 0. The number of unbranched alkanes of at least 4 members (excludes halogenated alkanes) is 1. The Bertz CT molecular complexity index is 946. The van der Waals surface area contributed by atoms with E-state index in [-0.39, 0.29) is 29.7 Å². The first kappa shape index (κ1) is 27.6. The molecular weight excluding hydrogens is 428 g/mol. The van der Waals surface area contributed by atoms with Crippen molar-refractivity contribution in [2.24, 2.45) is 5.92 Å². The molecule has 1 unspecified atom stereocenters. The van der Waals surface area contributed by atoms with E-state index in [0.717, 1.165) is 42.6 Å². The predicted octanol–water partition coefficient (Wildman–Crippen LogP) is 5.11. The van der Waals surface area contributed by atoms with Gasteiger partial charge in [-0.3, -0.25) is 9.59 Å². The maximum atomic E-state index is 13.2. The van der Waals surface area contributed by atoms with Crippen LogP contribution in [-0.2, 0) is 19.7 Å². The van der Waals surface area contributed by atoms with Crippen LogP contribution in [0.2, 0.25) is 0 Å². The molecule has 0 bridgehead atoms. The predicted molar refractivity (Wildman–Crippen MR) is 137 cm³/mol. The molecule has 2 amide bonds. The van der Waals surface area contributed by atoms with E-state index in [1.54, 1.807) is 16.7 Å². The van der Waals surface area contributed by atoms with Crippen LogP contribution in [0.3, 0.4) is 0 Å². The molecule has 1 aromatic heterocycles. The van der Waals surface area contributed by atoms with Crippen LogP contribution in [0.5, 0.6) is 0 Å². The molecule has 0 saturated heterocycles. The van der Waals surface area contributed by atoms with Gasteiger partial charge in [-0.15, -0.1) is 0 Å². The molecule has 0 aliphatic carbocycles. The average Bonchev–Trinajstić information content (AvgIpc) is 3.21. The average molecular weight is 471 g/mol. The zero-order valence-electron chi connectivity index (χ0n) is 22.0. The van der Waals surface area contributed by atoms with Crippen molar-refractivity contribution in [3.63, 3.8) is 0 Å². The van der Waals surface area contributed by atoms with Crippen molar-refractivity contribution in [1.82, 2.24) is 14.7 Å². The first-order valence-electron chi connectivity index (χ1n) is 12.4. The number of aryl methyl sites for hydroxylation is 1. The highest BCUT2D eigenvalue weighted by atomic mass is 16.5. The van der Waals surface area contributed by atoms with Crippen LogP contribution >= 0.6 is 0 Å². The summed E-state index contributed by atoms with van der Waals surface area (Å²) in [5.74, 6) is 0.298. The number of nitrogens with zero attached hydrogens (tertiary/aromatic N) is 3. The third-order valence-electron chi connectivity index (χ3n) is 6.05. The van der Waals surface area contributed by atoms with Gasteiger partial charge in [0.15, 0.2) is 0 Å². The topological polar surface area (TPSA) is 76.5 Å². The molecule has 1 aromatic carbocycles. The van der Waals surface area contributed by atoms with Crippen LogP contribution in [-0.4, -0.2) is 53.3 Å². The zero-order chi connectivity index (χ0) is 25.3. The Kier molecular flexibility index (Phi) is 10.3. The molecule has 2 rings (SSSR count). The van der Waals surface area contributed by atoms with E-state index in [0.29, 0.717) is 19.0 Å². The van der Waals surface area contributed by atoms with Gasteiger partial charge in [-0.05, 0) is 31.4 Å². The molecule has 2 aromatic rings. The Morgan fingerprint density at radius 1 is 1.21 bits per heavy atom. The summed E-state index contributed by atoms with van der Waals surface area (Å²) in [5, 5.41) is 7.82. The van der Waals surface area contributed by atoms with E-state index in [1.807, 2.05) is 44.2 Å². The lowest BCUT2D eigenvalue weighted by Gasteiger charge is -2.26. The maximum Gasteiger partial charge on any atom is 0.245 e. The van der Waals surface area contributed by atoms with Crippen molar-refractivity contribution < 1.29 is 14.3 Å². The lowest BCUT2D eigenvalue weighted by atomic mass is 9.92. The van der Waals surface area contributed by atoms with Crippen LogP contribution < -0.4 is 5.32 Å². The molecule has 0 fully saturated rings. The maximum absolute atomic E-state index is 13.2. The number of rotatable bonds is 12. The highest BCUT2D eigenvalue weighted by molar-refractivity contribution is 5.94. The second-order valence-corrected chi connectivity index (χ2v) is 9.91. The first-order valence-corrected chi connectivity index (χ1v) is 12.4. The molecule has 0 saturated carbocycles. The number of ether oxygens (including phenoxy) is 1. The standard InChI is InChI=1S/C27H42N4O3/c1-8-10-14-21(9-2)26(33)30(16-17-34-7)19-25(32)28-24-18-23(27(4,5)6)29-31(24)22-15-12-11-13-20(22)3/h11-13,15,18,21H,8-10,14,16-17,19H2,1-7H3,(H,28,32). The third kappa shape index (κ3) is 7.42. The monoisotopic (exact) mass is 470 g/mol. The van der Waals surface area contributed by atoms with E-state index < -0.39 is 0 Å². The summed E-state index contributed by atoms with van der Waals surface area (Å²) in [5.41, 5.74) is 2.66. The summed E-state index contributed by atoms with van der Waals surface area (Å²) in [7, 11) is 1.60. The Morgan fingerprint density at radius 2 is 1.91 bits per heavy atom. The second kappa shape index (κ2) is 12.7. The van der Waals surface area contributed by atoms with Gasteiger partial charge in [0.1, 0.15) is 5.82 Å². The summed E-state index contributed by atoms with van der Waals surface area (Å²) in [6, 6.07) is 9.86. The van der Waals surface area contributed by atoms with Crippen LogP contribution in [0, 0.1) is 12.8 Å². The lowest BCUT2D eigenvalue weighted by molar-refractivity contribution is -0.139. The number of para-hydroxylation sites is 1. The van der Waals surface area contributed by atoms with Crippen molar-refractivity contribution >= 4 is 17.6 Å². The van der Waals surface area contributed by atoms with Crippen molar-refractivity contribution in [3.05, 3.63) is 41.6 Å². The Hall–Kier alpha value is -2.67.